The number of carbonyl (C=O) groups is 1. The van der Waals surface area contributed by atoms with Gasteiger partial charge in [-0.1, -0.05) is 0 Å². The van der Waals surface area contributed by atoms with Crippen molar-refractivity contribution in [2.24, 2.45) is 0 Å². The number of thioether (sulfide) groups is 1. The van der Waals surface area contributed by atoms with E-state index in [-0.39, 0.29) is 17.3 Å². The van der Waals surface area contributed by atoms with E-state index in [1.807, 2.05) is 11.8 Å². The molecule has 0 bridgehead atoms. The first-order chi connectivity index (χ1) is 9.71. The number of hydrogen-bond donors (Lipinski definition) is 0. The third-order valence-corrected chi connectivity index (χ3v) is 5.13. The highest BCUT2D eigenvalue weighted by Crippen LogP contribution is 2.39. The Morgan fingerprint density at radius 3 is 3.15 bits per heavy atom. The van der Waals surface area contributed by atoms with E-state index >= 15 is 0 Å². The third kappa shape index (κ3) is 2.83. The van der Waals surface area contributed by atoms with Crippen molar-refractivity contribution < 1.29 is 18.7 Å². The molecule has 0 amide bonds. The third-order valence-electron chi connectivity index (χ3n) is 3.91. The molecule has 3 nitrogen and oxygen atoms in total. The first-order valence-corrected chi connectivity index (χ1v) is 7.99. The van der Waals surface area contributed by atoms with Crippen molar-refractivity contribution in [1.29, 1.82) is 0 Å². The molecule has 2 aliphatic heterocycles. The Labute approximate surface area is 121 Å². The van der Waals surface area contributed by atoms with Gasteiger partial charge in [-0.2, -0.15) is 11.8 Å². The number of aldehydes is 1. The Kier molecular flexibility index (Phi) is 3.98. The smallest absolute Gasteiger partial charge is 0.153 e. The second-order valence-electron chi connectivity index (χ2n) is 5.37. The van der Waals surface area contributed by atoms with E-state index in [9.17, 15) is 9.18 Å². The van der Waals surface area contributed by atoms with Crippen LogP contribution in [0.15, 0.2) is 18.2 Å². The zero-order valence-corrected chi connectivity index (χ0v) is 12.0. The topological polar surface area (TPSA) is 35.5 Å². The SMILES string of the molecule is O=Cc1cc(F)ccc1OC1CCOC2(CCSC2)C1. The van der Waals surface area contributed by atoms with Crippen LogP contribution in [0.1, 0.15) is 29.6 Å². The minimum Gasteiger partial charge on any atom is -0.489 e. The zero-order valence-electron chi connectivity index (χ0n) is 11.1. The standard InChI is InChI=1S/C15H17FO3S/c16-12-1-2-14(11(7-12)9-17)19-13-3-5-18-15(8-13)4-6-20-10-15/h1-2,7,9,13H,3-6,8,10H2. The maximum absolute atomic E-state index is 13.1. The van der Waals surface area contributed by atoms with Gasteiger partial charge in [-0.25, -0.2) is 4.39 Å². The van der Waals surface area contributed by atoms with Gasteiger partial charge >= 0.3 is 0 Å². The first kappa shape index (κ1) is 13.9. The second-order valence-corrected chi connectivity index (χ2v) is 6.47. The lowest BCUT2D eigenvalue weighted by Gasteiger charge is -2.37. The highest BCUT2D eigenvalue weighted by Gasteiger charge is 2.41. The van der Waals surface area contributed by atoms with Crippen LogP contribution < -0.4 is 4.74 Å². The second kappa shape index (κ2) is 5.74. The van der Waals surface area contributed by atoms with Gasteiger partial charge in [-0.05, 0) is 30.4 Å². The van der Waals surface area contributed by atoms with Crippen molar-refractivity contribution in [1.82, 2.24) is 0 Å². The van der Waals surface area contributed by atoms with E-state index in [0.717, 1.165) is 30.8 Å². The maximum atomic E-state index is 13.1. The number of hydrogen-bond acceptors (Lipinski definition) is 4. The van der Waals surface area contributed by atoms with Gasteiger partial charge in [0.05, 0.1) is 17.8 Å². The molecule has 0 saturated carbocycles. The van der Waals surface area contributed by atoms with Crippen LogP contribution in [0.5, 0.6) is 5.75 Å². The summed E-state index contributed by atoms with van der Waals surface area (Å²) in [6, 6.07) is 4.07. The molecule has 2 atom stereocenters. The molecule has 2 unspecified atom stereocenters. The van der Waals surface area contributed by atoms with Crippen molar-refractivity contribution in [2.45, 2.75) is 31.0 Å². The van der Waals surface area contributed by atoms with E-state index < -0.39 is 5.82 Å². The van der Waals surface area contributed by atoms with Crippen LogP contribution in [-0.2, 0) is 4.74 Å². The minimum atomic E-state index is -0.421. The summed E-state index contributed by atoms with van der Waals surface area (Å²) in [5.41, 5.74) is 0.209. The highest BCUT2D eigenvalue weighted by atomic mass is 32.2. The van der Waals surface area contributed by atoms with Crippen LogP contribution in [0.2, 0.25) is 0 Å². The summed E-state index contributed by atoms with van der Waals surface area (Å²) in [4.78, 5) is 11.0. The molecule has 0 radical (unpaired) electrons. The lowest BCUT2D eigenvalue weighted by molar-refractivity contribution is -0.0959. The van der Waals surface area contributed by atoms with Crippen molar-refractivity contribution in [3.8, 4) is 5.75 Å². The molecule has 2 heterocycles. The fourth-order valence-corrected chi connectivity index (χ4v) is 4.22. The lowest BCUT2D eigenvalue weighted by Crippen LogP contribution is -2.43. The number of carbonyl (C=O) groups excluding carboxylic acids is 1. The van der Waals surface area contributed by atoms with E-state index in [2.05, 4.69) is 0 Å². The van der Waals surface area contributed by atoms with Gasteiger partial charge in [-0.3, -0.25) is 4.79 Å². The summed E-state index contributed by atoms with van der Waals surface area (Å²) in [7, 11) is 0. The van der Waals surface area contributed by atoms with E-state index in [1.165, 1.54) is 18.2 Å². The van der Waals surface area contributed by atoms with Gasteiger partial charge < -0.3 is 9.47 Å². The van der Waals surface area contributed by atoms with Crippen molar-refractivity contribution in [2.75, 3.05) is 18.1 Å². The first-order valence-electron chi connectivity index (χ1n) is 6.84. The molecular formula is C15H17FO3S. The Hall–Kier alpha value is -1.07. The Bertz CT molecular complexity index is 500. The molecule has 2 fully saturated rings. The van der Waals surface area contributed by atoms with Gasteiger partial charge in [0.2, 0.25) is 0 Å². The van der Waals surface area contributed by atoms with Gasteiger partial charge in [0.1, 0.15) is 17.7 Å². The molecule has 2 saturated heterocycles. The fourth-order valence-electron chi connectivity index (χ4n) is 2.85. The summed E-state index contributed by atoms with van der Waals surface area (Å²) in [5.74, 6) is 2.18. The Morgan fingerprint density at radius 1 is 1.50 bits per heavy atom. The lowest BCUT2D eigenvalue weighted by atomic mass is 9.91. The van der Waals surface area contributed by atoms with Crippen LogP contribution in [-0.4, -0.2) is 36.1 Å². The molecule has 20 heavy (non-hydrogen) atoms. The Morgan fingerprint density at radius 2 is 2.40 bits per heavy atom. The van der Waals surface area contributed by atoms with Crippen molar-refractivity contribution in [3.63, 3.8) is 0 Å². The van der Waals surface area contributed by atoms with Crippen molar-refractivity contribution >= 4 is 18.0 Å². The molecular weight excluding hydrogens is 279 g/mol. The van der Waals surface area contributed by atoms with Gasteiger partial charge in [0.15, 0.2) is 6.29 Å². The average Bonchev–Trinajstić information content (AvgIpc) is 2.89. The van der Waals surface area contributed by atoms with Crippen LogP contribution in [0.25, 0.3) is 0 Å². The largest absolute Gasteiger partial charge is 0.489 e. The summed E-state index contributed by atoms with van der Waals surface area (Å²) in [6.07, 6.45) is 3.38. The number of benzene rings is 1. The number of ether oxygens (including phenoxy) is 2. The summed E-state index contributed by atoms with van der Waals surface area (Å²) >= 11 is 1.91. The van der Waals surface area contributed by atoms with Gasteiger partial charge in [0, 0.05) is 18.6 Å². The maximum Gasteiger partial charge on any atom is 0.153 e. The Balaban J connectivity index is 1.72. The number of rotatable bonds is 3. The molecule has 1 aromatic carbocycles. The summed E-state index contributed by atoms with van der Waals surface area (Å²) < 4.78 is 25.0. The predicted molar refractivity (Wildman–Crippen MR) is 76.1 cm³/mol. The van der Waals surface area contributed by atoms with Gasteiger partial charge in [-0.15, -0.1) is 0 Å². The quantitative estimate of drug-likeness (QED) is 0.803. The molecule has 0 N–H and O–H groups in total. The molecule has 1 aromatic rings. The summed E-state index contributed by atoms with van der Waals surface area (Å²) in [6.45, 7) is 0.683. The predicted octanol–water partition coefficient (Wildman–Crippen LogP) is 3.07. The van der Waals surface area contributed by atoms with E-state index in [4.69, 9.17) is 9.47 Å². The van der Waals surface area contributed by atoms with E-state index in [0.29, 0.717) is 18.6 Å². The van der Waals surface area contributed by atoms with Crippen LogP contribution in [0.4, 0.5) is 4.39 Å². The molecule has 5 heteroatoms. The normalized spacial score (nSPS) is 29.6. The molecule has 3 rings (SSSR count). The summed E-state index contributed by atoms with van der Waals surface area (Å²) in [5, 5.41) is 0. The minimum absolute atomic E-state index is 0.0339. The van der Waals surface area contributed by atoms with Crippen molar-refractivity contribution in [3.05, 3.63) is 29.6 Å². The monoisotopic (exact) mass is 296 g/mol. The van der Waals surface area contributed by atoms with Crippen LogP contribution in [0, 0.1) is 5.82 Å². The number of halogens is 1. The fraction of sp³-hybridized carbons (Fsp3) is 0.533. The highest BCUT2D eigenvalue weighted by molar-refractivity contribution is 7.99. The average molecular weight is 296 g/mol. The van der Waals surface area contributed by atoms with Gasteiger partial charge in [0.25, 0.3) is 0 Å². The van der Waals surface area contributed by atoms with Crippen LogP contribution >= 0.6 is 11.8 Å². The molecule has 1 spiro atoms. The molecule has 108 valence electrons. The molecule has 2 aliphatic rings. The molecule has 0 aromatic heterocycles. The zero-order chi connectivity index (χ0) is 14.0. The van der Waals surface area contributed by atoms with Crippen LogP contribution in [0.3, 0.4) is 0 Å². The van der Waals surface area contributed by atoms with E-state index in [1.54, 1.807) is 0 Å². The molecule has 0 aliphatic carbocycles.